The van der Waals surface area contributed by atoms with Crippen molar-refractivity contribution in [1.82, 2.24) is 14.6 Å². The van der Waals surface area contributed by atoms with Gasteiger partial charge in [-0.05, 0) is 25.1 Å². The Morgan fingerprint density at radius 2 is 2.00 bits per heavy atom. The number of halogens is 2. The largest absolute Gasteiger partial charge is 0.390 e. The zero-order valence-corrected chi connectivity index (χ0v) is 14.4. The highest BCUT2D eigenvalue weighted by molar-refractivity contribution is 7.81. The van der Waals surface area contributed by atoms with Crippen LogP contribution in [0.5, 0.6) is 0 Å². The van der Waals surface area contributed by atoms with Crippen LogP contribution in [-0.2, 0) is 6.61 Å². The molecular weight excluding hydrogens is 355 g/mol. The fraction of sp³-hybridized carbons (Fsp3) is 0.133. The molecule has 0 unspecified atom stereocenters. The van der Waals surface area contributed by atoms with Crippen LogP contribution in [-0.4, -0.2) is 24.7 Å². The number of anilines is 1. The van der Waals surface area contributed by atoms with Gasteiger partial charge in [0.05, 0.1) is 33.6 Å². The average molecular weight is 367 g/mol. The van der Waals surface area contributed by atoms with E-state index in [9.17, 15) is 5.11 Å². The van der Waals surface area contributed by atoms with Gasteiger partial charge in [-0.2, -0.15) is 5.10 Å². The summed E-state index contributed by atoms with van der Waals surface area (Å²) in [6.45, 7) is 1.79. The summed E-state index contributed by atoms with van der Waals surface area (Å²) in [6, 6.07) is 5.60. The number of nitrogens with one attached hydrogen (secondary N) is 1. The van der Waals surface area contributed by atoms with E-state index in [0.29, 0.717) is 26.4 Å². The SMILES string of the molecule is Cc1ccc(C(=S)Nc2c(Cl)cncc2Cl)c2cc(CO)nn12. The molecule has 3 aromatic rings. The number of thiocarbonyl (C=S) groups is 1. The predicted molar refractivity (Wildman–Crippen MR) is 95.4 cm³/mol. The van der Waals surface area contributed by atoms with E-state index >= 15 is 0 Å². The average Bonchev–Trinajstić information content (AvgIpc) is 2.96. The summed E-state index contributed by atoms with van der Waals surface area (Å²) < 4.78 is 1.74. The van der Waals surface area contributed by atoms with Gasteiger partial charge in [-0.1, -0.05) is 35.4 Å². The third kappa shape index (κ3) is 3.03. The molecule has 118 valence electrons. The maximum absolute atomic E-state index is 9.30. The van der Waals surface area contributed by atoms with Gasteiger partial charge in [0.1, 0.15) is 4.99 Å². The van der Waals surface area contributed by atoms with Crippen LogP contribution in [0.3, 0.4) is 0 Å². The van der Waals surface area contributed by atoms with Gasteiger partial charge in [0.15, 0.2) is 0 Å². The van der Waals surface area contributed by atoms with Gasteiger partial charge in [-0.3, -0.25) is 4.98 Å². The first-order valence-corrected chi connectivity index (χ1v) is 7.87. The molecule has 0 aliphatic heterocycles. The van der Waals surface area contributed by atoms with Crippen molar-refractivity contribution < 1.29 is 5.11 Å². The van der Waals surface area contributed by atoms with E-state index in [-0.39, 0.29) is 6.61 Å². The summed E-state index contributed by atoms with van der Waals surface area (Å²) in [5.41, 5.74) is 3.58. The first kappa shape index (κ1) is 16.1. The van der Waals surface area contributed by atoms with Crippen LogP contribution in [0.15, 0.2) is 30.6 Å². The smallest absolute Gasteiger partial charge is 0.113 e. The first-order valence-electron chi connectivity index (χ1n) is 6.70. The van der Waals surface area contributed by atoms with Crippen LogP contribution in [0.1, 0.15) is 17.0 Å². The maximum atomic E-state index is 9.30. The number of rotatable bonds is 3. The molecule has 0 saturated carbocycles. The second kappa shape index (κ2) is 6.41. The number of aryl methyl sites for hydroxylation is 1. The predicted octanol–water partition coefficient (Wildman–Crippen LogP) is 3.62. The van der Waals surface area contributed by atoms with Gasteiger partial charge in [0.2, 0.25) is 0 Å². The van der Waals surface area contributed by atoms with Gasteiger partial charge < -0.3 is 10.4 Å². The van der Waals surface area contributed by atoms with Crippen LogP contribution in [0.4, 0.5) is 5.69 Å². The fourth-order valence-corrected chi connectivity index (χ4v) is 2.97. The monoisotopic (exact) mass is 366 g/mol. The van der Waals surface area contributed by atoms with Gasteiger partial charge in [0, 0.05) is 23.7 Å². The Hall–Kier alpha value is -1.73. The molecule has 0 aliphatic rings. The van der Waals surface area contributed by atoms with Crippen LogP contribution < -0.4 is 5.32 Å². The summed E-state index contributed by atoms with van der Waals surface area (Å²) in [5, 5.41) is 17.5. The van der Waals surface area contributed by atoms with Gasteiger partial charge in [-0.15, -0.1) is 0 Å². The van der Waals surface area contributed by atoms with E-state index in [1.807, 2.05) is 19.1 Å². The minimum absolute atomic E-state index is 0.136. The van der Waals surface area contributed by atoms with E-state index < -0.39 is 0 Å². The molecular formula is C15H12Cl2N4OS. The third-order valence-corrected chi connectivity index (χ3v) is 4.25. The molecule has 0 amide bonds. The zero-order chi connectivity index (χ0) is 16.6. The first-order chi connectivity index (χ1) is 11.0. The summed E-state index contributed by atoms with van der Waals surface area (Å²) in [4.78, 5) is 4.36. The highest BCUT2D eigenvalue weighted by Crippen LogP contribution is 2.29. The minimum atomic E-state index is -0.136. The Morgan fingerprint density at radius 3 is 2.65 bits per heavy atom. The molecule has 3 rings (SSSR count). The lowest BCUT2D eigenvalue weighted by Crippen LogP contribution is -2.13. The van der Waals surface area contributed by atoms with Gasteiger partial charge in [0.25, 0.3) is 0 Å². The molecule has 0 atom stereocenters. The molecule has 2 N–H and O–H groups in total. The molecule has 0 fully saturated rings. The van der Waals surface area contributed by atoms with Crippen molar-refractivity contribution in [1.29, 1.82) is 0 Å². The molecule has 8 heteroatoms. The molecule has 0 aliphatic carbocycles. The number of aromatic nitrogens is 3. The topological polar surface area (TPSA) is 62.5 Å². The van der Waals surface area contributed by atoms with Crippen LogP contribution in [0.2, 0.25) is 10.0 Å². The summed E-state index contributed by atoms with van der Waals surface area (Å²) in [5.74, 6) is 0. The normalized spacial score (nSPS) is 11.0. The summed E-state index contributed by atoms with van der Waals surface area (Å²) in [6.07, 6.45) is 2.98. The molecule has 0 saturated heterocycles. The number of fused-ring (bicyclic) bond motifs is 1. The second-order valence-corrected chi connectivity index (χ2v) is 6.13. The van der Waals surface area contributed by atoms with E-state index in [0.717, 1.165) is 16.8 Å². The molecule has 0 aromatic carbocycles. The Kier molecular flexibility index (Phi) is 4.50. The Bertz CT molecular complexity index is 890. The molecule has 0 bridgehead atoms. The van der Waals surface area contributed by atoms with E-state index in [1.54, 1.807) is 10.6 Å². The Labute approximate surface area is 147 Å². The number of aliphatic hydroxyl groups excluding tert-OH is 1. The van der Waals surface area contributed by atoms with Crippen LogP contribution in [0.25, 0.3) is 5.52 Å². The van der Waals surface area contributed by atoms with Crippen LogP contribution in [0, 0.1) is 6.92 Å². The lowest BCUT2D eigenvalue weighted by atomic mass is 10.2. The third-order valence-electron chi connectivity index (χ3n) is 3.36. The quantitative estimate of drug-likeness (QED) is 0.693. The Morgan fingerprint density at radius 1 is 1.30 bits per heavy atom. The maximum Gasteiger partial charge on any atom is 0.113 e. The van der Waals surface area contributed by atoms with E-state index in [1.165, 1.54) is 12.4 Å². The van der Waals surface area contributed by atoms with Crippen molar-refractivity contribution in [3.8, 4) is 0 Å². The molecule has 3 aromatic heterocycles. The number of pyridine rings is 2. The number of nitrogens with zero attached hydrogens (tertiary/aromatic N) is 3. The van der Waals surface area contributed by atoms with E-state index in [4.69, 9.17) is 35.4 Å². The zero-order valence-electron chi connectivity index (χ0n) is 12.0. The van der Waals surface area contributed by atoms with Crippen molar-refractivity contribution in [2.24, 2.45) is 0 Å². The lowest BCUT2D eigenvalue weighted by molar-refractivity contribution is 0.276. The Balaban J connectivity index is 2.05. The van der Waals surface area contributed by atoms with Crippen molar-refractivity contribution in [2.75, 3.05) is 5.32 Å². The molecule has 3 heterocycles. The lowest BCUT2D eigenvalue weighted by Gasteiger charge is -2.12. The summed E-state index contributed by atoms with van der Waals surface area (Å²) >= 11 is 17.7. The van der Waals surface area contributed by atoms with Crippen molar-refractivity contribution in [3.63, 3.8) is 0 Å². The van der Waals surface area contributed by atoms with Gasteiger partial charge >= 0.3 is 0 Å². The highest BCUT2D eigenvalue weighted by Gasteiger charge is 2.14. The molecule has 0 spiro atoms. The minimum Gasteiger partial charge on any atom is -0.390 e. The fourth-order valence-electron chi connectivity index (χ4n) is 2.23. The standard InChI is InChI=1S/C15H12Cl2N4OS/c1-8-2-3-10(13-4-9(7-22)20-21(8)13)15(23)19-14-11(16)5-18-6-12(14)17/h2-6,22H,7H2,1H3,(H,18,19,23). The molecule has 23 heavy (non-hydrogen) atoms. The molecule has 0 radical (unpaired) electrons. The van der Waals surface area contributed by atoms with Crippen molar-refractivity contribution >= 4 is 51.6 Å². The molecule has 5 nitrogen and oxygen atoms in total. The van der Waals surface area contributed by atoms with Crippen molar-refractivity contribution in [2.45, 2.75) is 13.5 Å². The van der Waals surface area contributed by atoms with E-state index in [2.05, 4.69) is 15.4 Å². The number of aliphatic hydroxyl groups is 1. The second-order valence-electron chi connectivity index (χ2n) is 4.91. The van der Waals surface area contributed by atoms with Crippen molar-refractivity contribution in [3.05, 3.63) is 57.6 Å². The van der Waals surface area contributed by atoms with Gasteiger partial charge in [-0.25, -0.2) is 4.52 Å². The number of hydrogen-bond donors (Lipinski definition) is 2. The number of hydrogen-bond acceptors (Lipinski definition) is 4. The summed E-state index contributed by atoms with van der Waals surface area (Å²) in [7, 11) is 0. The highest BCUT2D eigenvalue weighted by atomic mass is 35.5. The van der Waals surface area contributed by atoms with Crippen LogP contribution >= 0.6 is 35.4 Å².